The Morgan fingerprint density at radius 2 is 2.19 bits per heavy atom. The summed E-state index contributed by atoms with van der Waals surface area (Å²) in [6.07, 6.45) is 1.64. The maximum absolute atomic E-state index is 11.8. The van der Waals surface area contributed by atoms with Gasteiger partial charge in [-0.25, -0.2) is 4.68 Å². The maximum atomic E-state index is 11.8. The van der Waals surface area contributed by atoms with Gasteiger partial charge in [0.25, 0.3) is 5.91 Å². The van der Waals surface area contributed by atoms with Crippen LogP contribution in [0.15, 0.2) is 24.5 Å². The Hall–Kier alpha value is -2.48. The average molecular weight is 309 g/mol. The summed E-state index contributed by atoms with van der Waals surface area (Å²) in [7, 11) is 1.51. The number of nitrogens with zero attached hydrogens (tertiary/aromatic N) is 4. The van der Waals surface area contributed by atoms with E-state index in [2.05, 4.69) is 26.2 Å². The molecule has 9 heteroatoms. The Morgan fingerprint density at radius 3 is 2.86 bits per heavy atom. The van der Waals surface area contributed by atoms with E-state index < -0.39 is 0 Å². The highest BCUT2D eigenvalue weighted by Crippen LogP contribution is 2.20. The number of rotatable bonds is 5. The van der Waals surface area contributed by atoms with E-state index in [1.54, 1.807) is 12.1 Å². The molecule has 0 aliphatic rings. The lowest BCUT2D eigenvalue weighted by molar-refractivity contribution is -0.116. The molecule has 0 aliphatic carbocycles. The number of nitrogens with one attached hydrogen (secondary N) is 2. The van der Waals surface area contributed by atoms with E-state index in [1.165, 1.54) is 24.1 Å². The minimum atomic E-state index is -0.315. The number of anilines is 1. The first-order valence-corrected chi connectivity index (χ1v) is 6.50. The molecule has 1 aromatic heterocycles. The van der Waals surface area contributed by atoms with E-state index >= 15 is 0 Å². The number of amides is 2. The fraction of sp³-hybridized carbons (Fsp3) is 0.250. The minimum absolute atomic E-state index is 0.211. The molecule has 2 amide bonds. The number of benzene rings is 1. The largest absolute Gasteiger partial charge is 0.355 e. The van der Waals surface area contributed by atoms with E-state index in [-0.39, 0.29) is 18.2 Å². The molecule has 21 heavy (non-hydrogen) atoms. The lowest BCUT2D eigenvalue weighted by atomic mass is 10.2. The van der Waals surface area contributed by atoms with Gasteiger partial charge < -0.3 is 10.6 Å². The van der Waals surface area contributed by atoms with Crippen LogP contribution in [0.25, 0.3) is 0 Å². The van der Waals surface area contributed by atoms with Crippen LogP contribution in [-0.2, 0) is 11.3 Å². The lowest BCUT2D eigenvalue weighted by Gasteiger charge is -2.08. The van der Waals surface area contributed by atoms with Crippen molar-refractivity contribution in [3.63, 3.8) is 0 Å². The number of hydrogen-bond donors (Lipinski definition) is 2. The normalized spacial score (nSPS) is 10.2. The van der Waals surface area contributed by atoms with Crippen molar-refractivity contribution in [2.24, 2.45) is 0 Å². The molecule has 2 aromatic rings. The van der Waals surface area contributed by atoms with Gasteiger partial charge in [0, 0.05) is 19.2 Å². The van der Waals surface area contributed by atoms with Crippen LogP contribution in [0.4, 0.5) is 5.69 Å². The molecule has 0 bridgehead atoms. The van der Waals surface area contributed by atoms with Gasteiger partial charge in [-0.05, 0) is 28.6 Å². The highest BCUT2D eigenvalue weighted by Gasteiger charge is 2.11. The SMILES string of the molecule is CNC(=O)c1cc(NC(=O)CCn2cnnn2)ccc1Cl. The van der Waals surface area contributed by atoms with Crippen LogP contribution in [0.2, 0.25) is 5.02 Å². The van der Waals surface area contributed by atoms with Gasteiger partial charge in [-0.15, -0.1) is 5.10 Å². The van der Waals surface area contributed by atoms with Crippen LogP contribution in [0, 0.1) is 0 Å². The number of hydrogen-bond acceptors (Lipinski definition) is 5. The van der Waals surface area contributed by atoms with Crippen LogP contribution < -0.4 is 10.6 Å². The molecular weight excluding hydrogens is 296 g/mol. The van der Waals surface area contributed by atoms with Crippen LogP contribution >= 0.6 is 11.6 Å². The smallest absolute Gasteiger partial charge is 0.252 e. The zero-order chi connectivity index (χ0) is 15.2. The number of tetrazole rings is 1. The first kappa shape index (κ1) is 14.9. The van der Waals surface area contributed by atoms with Crippen molar-refractivity contribution in [2.75, 3.05) is 12.4 Å². The first-order chi connectivity index (χ1) is 10.1. The van der Waals surface area contributed by atoms with Gasteiger partial charge in [-0.2, -0.15) is 0 Å². The molecule has 0 radical (unpaired) electrons. The first-order valence-electron chi connectivity index (χ1n) is 6.12. The van der Waals surface area contributed by atoms with E-state index in [4.69, 9.17) is 11.6 Å². The Morgan fingerprint density at radius 1 is 1.38 bits per heavy atom. The quantitative estimate of drug-likeness (QED) is 0.847. The average Bonchev–Trinajstić information content (AvgIpc) is 2.99. The van der Waals surface area contributed by atoms with Gasteiger partial charge >= 0.3 is 0 Å². The molecular formula is C12H13ClN6O2. The fourth-order valence-corrected chi connectivity index (χ4v) is 1.84. The second-order valence-electron chi connectivity index (χ2n) is 4.14. The molecule has 1 aromatic carbocycles. The third-order valence-corrected chi connectivity index (χ3v) is 3.01. The fourth-order valence-electron chi connectivity index (χ4n) is 1.63. The van der Waals surface area contributed by atoms with E-state index in [0.717, 1.165) is 0 Å². The Kier molecular flexibility index (Phi) is 4.83. The molecule has 8 nitrogen and oxygen atoms in total. The summed E-state index contributed by atoms with van der Waals surface area (Å²) >= 11 is 5.94. The van der Waals surface area contributed by atoms with Crippen LogP contribution in [0.3, 0.4) is 0 Å². The van der Waals surface area contributed by atoms with Gasteiger partial charge in [-0.1, -0.05) is 11.6 Å². The third kappa shape index (κ3) is 3.99. The summed E-state index contributed by atoms with van der Waals surface area (Å²) < 4.78 is 1.46. The van der Waals surface area contributed by atoms with Crippen molar-refractivity contribution < 1.29 is 9.59 Å². The maximum Gasteiger partial charge on any atom is 0.252 e. The number of carbonyl (C=O) groups excluding carboxylic acids is 2. The summed E-state index contributed by atoms with van der Waals surface area (Å²) in [6.45, 7) is 0.370. The molecule has 110 valence electrons. The summed E-state index contributed by atoms with van der Waals surface area (Å²) in [5.41, 5.74) is 0.803. The molecule has 2 N–H and O–H groups in total. The Balaban J connectivity index is 1.99. The van der Waals surface area contributed by atoms with Gasteiger partial charge in [0.05, 0.1) is 17.1 Å². The standard InChI is InChI=1S/C12H13ClN6O2/c1-14-12(21)9-6-8(2-3-10(9)13)16-11(20)4-5-19-7-15-17-18-19/h2-3,6-7H,4-5H2,1H3,(H,14,21)(H,16,20). The predicted octanol–water partition coefficient (Wildman–Crippen LogP) is 0.715. The second-order valence-corrected chi connectivity index (χ2v) is 4.55. The number of carbonyl (C=O) groups is 2. The van der Waals surface area contributed by atoms with Crippen LogP contribution in [0.5, 0.6) is 0 Å². The summed E-state index contributed by atoms with van der Waals surface area (Å²) in [4.78, 5) is 23.4. The molecule has 1 heterocycles. The van der Waals surface area contributed by atoms with Crippen molar-refractivity contribution in [3.05, 3.63) is 35.1 Å². The summed E-state index contributed by atoms with van der Waals surface area (Å²) in [5, 5.41) is 16.1. The van der Waals surface area contributed by atoms with Gasteiger partial charge in [-0.3, -0.25) is 9.59 Å². The van der Waals surface area contributed by atoms with Crippen molar-refractivity contribution in [3.8, 4) is 0 Å². The lowest BCUT2D eigenvalue weighted by Crippen LogP contribution is -2.19. The molecule has 0 fully saturated rings. The molecule has 0 atom stereocenters. The van der Waals surface area contributed by atoms with E-state index in [1.807, 2.05) is 0 Å². The molecule has 0 aliphatic heterocycles. The zero-order valence-corrected chi connectivity index (χ0v) is 12.0. The second kappa shape index (κ2) is 6.80. The zero-order valence-electron chi connectivity index (χ0n) is 11.2. The van der Waals surface area contributed by atoms with Gasteiger partial charge in [0.15, 0.2) is 0 Å². The number of halogens is 1. The van der Waals surface area contributed by atoms with Crippen molar-refractivity contribution in [2.45, 2.75) is 13.0 Å². The highest BCUT2D eigenvalue weighted by molar-refractivity contribution is 6.34. The van der Waals surface area contributed by atoms with Crippen molar-refractivity contribution >= 4 is 29.1 Å². The van der Waals surface area contributed by atoms with Crippen molar-refractivity contribution in [1.29, 1.82) is 0 Å². The topological polar surface area (TPSA) is 102 Å². The van der Waals surface area contributed by atoms with Crippen LogP contribution in [-0.4, -0.2) is 39.1 Å². The molecule has 0 saturated heterocycles. The Labute approximate surface area is 125 Å². The van der Waals surface area contributed by atoms with Crippen molar-refractivity contribution in [1.82, 2.24) is 25.5 Å². The minimum Gasteiger partial charge on any atom is -0.355 e. The number of aromatic nitrogens is 4. The van der Waals surface area contributed by atoms with Gasteiger partial charge in [0.1, 0.15) is 6.33 Å². The molecule has 2 rings (SSSR count). The molecule has 0 saturated carbocycles. The molecule has 0 unspecified atom stereocenters. The Bertz CT molecular complexity index is 643. The predicted molar refractivity (Wildman–Crippen MR) is 75.9 cm³/mol. The van der Waals surface area contributed by atoms with Gasteiger partial charge in [0.2, 0.25) is 5.91 Å². The highest BCUT2D eigenvalue weighted by atomic mass is 35.5. The van der Waals surface area contributed by atoms with E-state index in [0.29, 0.717) is 22.8 Å². The summed E-state index contributed by atoms with van der Waals surface area (Å²) in [6, 6.07) is 4.71. The molecule has 0 spiro atoms. The van der Waals surface area contributed by atoms with E-state index in [9.17, 15) is 9.59 Å². The van der Waals surface area contributed by atoms with Crippen LogP contribution in [0.1, 0.15) is 16.8 Å². The third-order valence-electron chi connectivity index (χ3n) is 2.68. The monoisotopic (exact) mass is 308 g/mol. The number of aryl methyl sites for hydroxylation is 1. The summed E-state index contributed by atoms with van der Waals surface area (Å²) in [5.74, 6) is -0.527.